The summed E-state index contributed by atoms with van der Waals surface area (Å²) in [5, 5.41) is 3.36. The molecule has 0 amide bonds. The van der Waals surface area contributed by atoms with Crippen LogP contribution in [0.25, 0.3) is 5.69 Å². The zero-order chi connectivity index (χ0) is 13.8. The Morgan fingerprint density at radius 3 is 2.70 bits per heavy atom. The summed E-state index contributed by atoms with van der Waals surface area (Å²) in [6.45, 7) is 2.70. The van der Waals surface area contributed by atoms with E-state index in [-0.39, 0.29) is 0 Å². The first-order valence-electron chi connectivity index (χ1n) is 6.57. The SMILES string of the molecule is Cc1cn(-c2ccccc2)c(NCc2cccnc2)n1. The topological polar surface area (TPSA) is 42.7 Å². The number of hydrogen-bond donors (Lipinski definition) is 1. The molecule has 3 rings (SSSR count). The van der Waals surface area contributed by atoms with E-state index in [0.717, 1.165) is 22.9 Å². The highest BCUT2D eigenvalue weighted by Gasteiger charge is 2.06. The summed E-state index contributed by atoms with van der Waals surface area (Å²) < 4.78 is 2.06. The van der Waals surface area contributed by atoms with Crippen LogP contribution in [0.5, 0.6) is 0 Å². The van der Waals surface area contributed by atoms with Gasteiger partial charge < -0.3 is 5.32 Å². The molecule has 0 bridgehead atoms. The van der Waals surface area contributed by atoms with Gasteiger partial charge in [-0.3, -0.25) is 9.55 Å². The van der Waals surface area contributed by atoms with E-state index in [1.165, 1.54) is 0 Å². The van der Waals surface area contributed by atoms with Gasteiger partial charge >= 0.3 is 0 Å². The molecule has 20 heavy (non-hydrogen) atoms. The van der Waals surface area contributed by atoms with E-state index < -0.39 is 0 Å². The molecule has 0 spiro atoms. The number of para-hydroxylation sites is 1. The minimum Gasteiger partial charge on any atom is -0.351 e. The Balaban J connectivity index is 1.84. The molecule has 4 heteroatoms. The molecule has 2 heterocycles. The normalized spacial score (nSPS) is 10.4. The first-order valence-corrected chi connectivity index (χ1v) is 6.57. The zero-order valence-electron chi connectivity index (χ0n) is 11.3. The number of aryl methyl sites for hydroxylation is 1. The van der Waals surface area contributed by atoms with Gasteiger partial charge in [0.25, 0.3) is 0 Å². The lowest BCUT2D eigenvalue weighted by Gasteiger charge is -2.09. The van der Waals surface area contributed by atoms with Crippen LogP contribution in [0.15, 0.2) is 61.1 Å². The highest BCUT2D eigenvalue weighted by atomic mass is 15.2. The summed E-state index contributed by atoms with van der Waals surface area (Å²) in [4.78, 5) is 8.65. The number of anilines is 1. The molecule has 1 aromatic carbocycles. The average Bonchev–Trinajstić information content (AvgIpc) is 2.88. The molecule has 0 atom stereocenters. The molecule has 0 aliphatic heterocycles. The van der Waals surface area contributed by atoms with Crippen LogP contribution in [0.2, 0.25) is 0 Å². The molecule has 100 valence electrons. The molecule has 0 radical (unpaired) electrons. The van der Waals surface area contributed by atoms with Gasteiger partial charge in [-0.05, 0) is 30.7 Å². The Morgan fingerprint density at radius 1 is 1.10 bits per heavy atom. The maximum absolute atomic E-state index is 4.53. The van der Waals surface area contributed by atoms with Gasteiger partial charge in [-0.15, -0.1) is 0 Å². The molecule has 3 aromatic rings. The predicted octanol–water partition coefficient (Wildman–Crippen LogP) is 3.19. The second-order valence-electron chi connectivity index (χ2n) is 4.63. The fraction of sp³-hybridized carbons (Fsp3) is 0.125. The maximum Gasteiger partial charge on any atom is 0.208 e. The molecule has 0 saturated carbocycles. The quantitative estimate of drug-likeness (QED) is 0.787. The molecule has 1 N–H and O–H groups in total. The third-order valence-electron chi connectivity index (χ3n) is 3.03. The summed E-state index contributed by atoms with van der Waals surface area (Å²) in [6, 6.07) is 14.2. The van der Waals surface area contributed by atoms with Gasteiger partial charge in [-0.1, -0.05) is 24.3 Å². The maximum atomic E-state index is 4.53. The Kier molecular flexibility index (Phi) is 3.46. The van der Waals surface area contributed by atoms with Crippen molar-refractivity contribution in [2.24, 2.45) is 0 Å². The van der Waals surface area contributed by atoms with Crippen LogP contribution < -0.4 is 5.32 Å². The number of hydrogen-bond acceptors (Lipinski definition) is 3. The number of nitrogens with zero attached hydrogens (tertiary/aromatic N) is 3. The third kappa shape index (κ3) is 2.69. The van der Waals surface area contributed by atoms with Crippen molar-refractivity contribution in [3.05, 3.63) is 72.3 Å². The Hall–Kier alpha value is -2.62. The first-order chi connectivity index (χ1) is 9.83. The first kappa shape index (κ1) is 12.4. The number of benzene rings is 1. The summed E-state index contributed by atoms with van der Waals surface area (Å²) in [5.41, 5.74) is 3.22. The molecule has 0 fully saturated rings. The zero-order valence-corrected chi connectivity index (χ0v) is 11.3. The van der Waals surface area contributed by atoms with Crippen LogP contribution in [-0.4, -0.2) is 14.5 Å². The smallest absolute Gasteiger partial charge is 0.208 e. The second kappa shape index (κ2) is 5.57. The van der Waals surface area contributed by atoms with Crippen molar-refractivity contribution in [2.45, 2.75) is 13.5 Å². The van der Waals surface area contributed by atoms with Crippen molar-refractivity contribution in [3.8, 4) is 5.69 Å². The summed E-state index contributed by atoms with van der Waals surface area (Å²) in [7, 11) is 0. The summed E-state index contributed by atoms with van der Waals surface area (Å²) in [5.74, 6) is 0.845. The fourth-order valence-corrected chi connectivity index (χ4v) is 2.09. The van der Waals surface area contributed by atoms with E-state index in [0.29, 0.717) is 6.54 Å². The van der Waals surface area contributed by atoms with Gasteiger partial charge in [0.05, 0.1) is 5.69 Å². The monoisotopic (exact) mass is 264 g/mol. The van der Waals surface area contributed by atoms with Crippen LogP contribution in [0.3, 0.4) is 0 Å². The molecule has 0 saturated heterocycles. The van der Waals surface area contributed by atoms with Gasteiger partial charge in [0.2, 0.25) is 5.95 Å². The summed E-state index contributed by atoms with van der Waals surface area (Å²) >= 11 is 0. The van der Waals surface area contributed by atoms with E-state index in [4.69, 9.17) is 0 Å². The van der Waals surface area contributed by atoms with Gasteiger partial charge in [0.15, 0.2) is 0 Å². The molecule has 0 unspecified atom stereocenters. The molecule has 0 aliphatic rings. The average molecular weight is 264 g/mol. The van der Waals surface area contributed by atoms with Gasteiger partial charge in [0, 0.05) is 30.8 Å². The van der Waals surface area contributed by atoms with Crippen molar-refractivity contribution in [2.75, 3.05) is 5.32 Å². The highest BCUT2D eigenvalue weighted by Crippen LogP contribution is 2.16. The van der Waals surface area contributed by atoms with E-state index in [1.54, 1.807) is 6.20 Å². The number of pyridine rings is 1. The summed E-state index contributed by atoms with van der Waals surface area (Å²) in [6.07, 6.45) is 5.66. The highest BCUT2D eigenvalue weighted by molar-refractivity contribution is 5.43. The lowest BCUT2D eigenvalue weighted by molar-refractivity contribution is 0.998. The van der Waals surface area contributed by atoms with Crippen LogP contribution in [-0.2, 0) is 6.54 Å². The number of nitrogens with one attached hydrogen (secondary N) is 1. The lowest BCUT2D eigenvalue weighted by atomic mass is 10.3. The molecule has 0 aliphatic carbocycles. The second-order valence-corrected chi connectivity index (χ2v) is 4.63. The minimum absolute atomic E-state index is 0.705. The standard InChI is InChI=1S/C16H16N4/c1-13-12-20(15-7-3-2-4-8-15)16(19-13)18-11-14-6-5-9-17-10-14/h2-10,12H,11H2,1H3,(H,18,19). The van der Waals surface area contributed by atoms with Crippen molar-refractivity contribution in [1.29, 1.82) is 0 Å². The van der Waals surface area contributed by atoms with Crippen LogP contribution in [0.1, 0.15) is 11.3 Å². The Bertz CT molecular complexity index is 674. The van der Waals surface area contributed by atoms with Crippen molar-refractivity contribution in [3.63, 3.8) is 0 Å². The van der Waals surface area contributed by atoms with Crippen LogP contribution in [0.4, 0.5) is 5.95 Å². The molecule has 2 aromatic heterocycles. The minimum atomic E-state index is 0.705. The van der Waals surface area contributed by atoms with E-state index in [2.05, 4.69) is 32.0 Å². The van der Waals surface area contributed by atoms with Crippen molar-refractivity contribution >= 4 is 5.95 Å². The Morgan fingerprint density at radius 2 is 1.95 bits per heavy atom. The largest absolute Gasteiger partial charge is 0.351 e. The molecular weight excluding hydrogens is 248 g/mol. The van der Waals surface area contributed by atoms with Gasteiger partial charge in [-0.25, -0.2) is 4.98 Å². The Labute approximate surface area is 118 Å². The number of rotatable bonds is 4. The number of aromatic nitrogens is 3. The van der Waals surface area contributed by atoms with E-state index in [9.17, 15) is 0 Å². The fourth-order valence-electron chi connectivity index (χ4n) is 2.09. The van der Waals surface area contributed by atoms with Gasteiger partial charge in [0.1, 0.15) is 0 Å². The van der Waals surface area contributed by atoms with Crippen molar-refractivity contribution in [1.82, 2.24) is 14.5 Å². The van der Waals surface area contributed by atoms with Crippen molar-refractivity contribution < 1.29 is 0 Å². The predicted molar refractivity (Wildman–Crippen MR) is 79.9 cm³/mol. The lowest BCUT2D eigenvalue weighted by Crippen LogP contribution is -2.06. The van der Waals surface area contributed by atoms with E-state index >= 15 is 0 Å². The molecular formula is C16H16N4. The van der Waals surface area contributed by atoms with E-state index in [1.807, 2.05) is 49.6 Å². The molecule has 4 nitrogen and oxygen atoms in total. The van der Waals surface area contributed by atoms with Crippen LogP contribution >= 0.6 is 0 Å². The number of imidazole rings is 1. The third-order valence-corrected chi connectivity index (χ3v) is 3.03. The van der Waals surface area contributed by atoms with Gasteiger partial charge in [-0.2, -0.15) is 0 Å². The van der Waals surface area contributed by atoms with Crippen LogP contribution in [0, 0.1) is 6.92 Å².